The van der Waals surface area contributed by atoms with Crippen molar-refractivity contribution in [3.63, 3.8) is 0 Å². The van der Waals surface area contributed by atoms with Crippen LogP contribution in [0.2, 0.25) is 0 Å². The zero-order valence-electron chi connectivity index (χ0n) is 19.3. The van der Waals surface area contributed by atoms with E-state index >= 15 is 0 Å². The van der Waals surface area contributed by atoms with E-state index in [4.69, 9.17) is 9.72 Å². The number of nitrogens with one attached hydrogen (secondary N) is 1. The number of carbonyl (C=O) groups excluding carboxylic acids is 1. The molecule has 2 aromatic carbocycles. The van der Waals surface area contributed by atoms with Crippen molar-refractivity contribution in [2.24, 2.45) is 5.10 Å². The molecule has 0 unspecified atom stereocenters. The normalized spacial score (nSPS) is 13.2. The van der Waals surface area contributed by atoms with E-state index in [0.717, 1.165) is 56.3 Å². The van der Waals surface area contributed by atoms with Crippen LogP contribution in [0.5, 0.6) is 5.75 Å². The predicted molar refractivity (Wildman–Crippen MR) is 147 cm³/mol. The van der Waals surface area contributed by atoms with Gasteiger partial charge in [0.05, 0.1) is 28.0 Å². The molecule has 2 aromatic heterocycles. The van der Waals surface area contributed by atoms with E-state index in [1.54, 1.807) is 47.4 Å². The van der Waals surface area contributed by atoms with Crippen LogP contribution < -0.4 is 15.7 Å². The van der Waals surface area contributed by atoms with Crippen LogP contribution in [0, 0.1) is 10.5 Å². The Kier molecular flexibility index (Phi) is 6.70. The summed E-state index contributed by atoms with van der Waals surface area (Å²) in [4.78, 5) is 33.2. The number of fused-ring (bicyclic) bond motifs is 3. The van der Waals surface area contributed by atoms with Gasteiger partial charge in [0.1, 0.15) is 16.4 Å². The maximum absolute atomic E-state index is 13.6. The molecule has 1 aliphatic rings. The number of methoxy groups -OCH3 is 1. The molecule has 9 heteroatoms. The molecule has 0 radical (unpaired) electrons. The van der Waals surface area contributed by atoms with Crippen LogP contribution in [-0.2, 0) is 12.8 Å². The van der Waals surface area contributed by atoms with Gasteiger partial charge in [-0.3, -0.25) is 14.2 Å². The molecule has 0 saturated heterocycles. The Morgan fingerprint density at radius 1 is 1.23 bits per heavy atom. The van der Waals surface area contributed by atoms with Crippen molar-refractivity contribution < 1.29 is 9.53 Å². The number of benzene rings is 2. The van der Waals surface area contributed by atoms with Crippen LogP contribution in [0.3, 0.4) is 0 Å². The maximum atomic E-state index is 13.6. The average Bonchev–Trinajstić information content (AvgIpc) is 3.22. The third-order valence-corrected chi connectivity index (χ3v) is 8.11. The summed E-state index contributed by atoms with van der Waals surface area (Å²) in [6.45, 7) is 1.83. The Balaban J connectivity index is 1.42. The fraction of sp³-hybridized carbons (Fsp3) is 0.231. The van der Waals surface area contributed by atoms with Crippen molar-refractivity contribution in [1.29, 1.82) is 0 Å². The number of hydrogen-bond acceptors (Lipinski definition) is 6. The molecule has 0 bridgehead atoms. The van der Waals surface area contributed by atoms with Crippen molar-refractivity contribution in [1.82, 2.24) is 15.0 Å². The van der Waals surface area contributed by atoms with Crippen LogP contribution in [0.1, 0.15) is 45.0 Å². The van der Waals surface area contributed by atoms with Gasteiger partial charge in [-0.05, 0) is 103 Å². The van der Waals surface area contributed by atoms with E-state index < -0.39 is 0 Å². The fourth-order valence-electron chi connectivity index (χ4n) is 4.39. The van der Waals surface area contributed by atoms with E-state index in [-0.39, 0.29) is 11.5 Å². The molecule has 178 valence electrons. The fourth-order valence-corrected chi connectivity index (χ4v) is 6.45. The van der Waals surface area contributed by atoms with Crippen molar-refractivity contribution in [2.45, 2.75) is 32.6 Å². The number of halogens is 1. The molecule has 7 nitrogen and oxygen atoms in total. The number of carbonyl (C=O) groups is 1. The summed E-state index contributed by atoms with van der Waals surface area (Å²) in [6, 6.07) is 12.6. The summed E-state index contributed by atoms with van der Waals surface area (Å²) in [5, 5.41) is 4.81. The molecule has 1 amide bonds. The van der Waals surface area contributed by atoms with Gasteiger partial charge < -0.3 is 4.74 Å². The molecular formula is C26H23IN4O3S. The zero-order chi connectivity index (χ0) is 24.5. The minimum absolute atomic E-state index is 0.0726. The highest BCUT2D eigenvalue weighted by atomic mass is 127. The Morgan fingerprint density at radius 3 is 2.86 bits per heavy atom. The molecule has 4 aromatic rings. The molecule has 35 heavy (non-hydrogen) atoms. The molecule has 5 rings (SSSR count). The largest absolute Gasteiger partial charge is 0.496 e. The highest BCUT2D eigenvalue weighted by molar-refractivity contribution is 14.1. The van der Waals surface area contributed by atoms with Gasteiger partial charge in [0.2, 0.25) is 0 Å². The van der Waals surface area contributed by atoms with E-state index in [1.807, 2.05) is 31.2 Å². The SMILES string of the molecule is COc1ccc(/C=N/NC(=O)c2cccc(-n3c(C)nc4sc5c(c4c3=O)CCCC5)c2)cc1I. The first kappa shape index (κ1) is 23.7. The van der Waals surface area contributed by atoms with E-state index in [0.29, 0.717) is 17.1 Å². The number of aryl methyl sites for hydroxylation is 3. The van der Waals surface area contributed by atoms with Gasteiger partial charge >= 0.3 is 0 Å². The quantitative estimate of drug-likeness (QED) is 0.199. The highest BCUT2D eigenvalue weighted by Crippen LogP contribution is 2.34. The number of hydrazone groups is 1. The lowest BCUT2D eigenvalue weighted by molar-refractivity contribution is 0.0955. The third-order valence-electron chi connectivity index (χ3n) is 6.08. The maximum Gasteiger partial charge on any atom is 0.271 e. The van der Waals surface area contributed by atoms with E-state index in [9.17, 15) is 9.59 Å². The van der Waals surface area contributed by atoms with E-state index in [2.05, 4.69) is 33.1 Å². The summed E-state index contributed by atoms with van der Waals surface area (Å²) in [5.41, 5.74) is 5.50. The minimum Gasteiger partial charge on any atom is -0.496 e. The monoisotopic (exact) mass is 598 g/mol. The first-order chi connectivity index (χ1) is 17.0. The number of nitrogens with zero attached hydrogens (tertiary/aromatic N) is 3. The lowest BCUT2D eigenvalue weighted by Crippen LogP contribution is -2.23. The Bertz CT molecular complexity index is 1540. The first-order valence-corrected chi connectivity index (χ1v) is 13.2. The Hall–Kier alpha value is -3.05. The van der Waals surface area contributed by atoms with E-state index in [1.165, 1.54) is 4.88 Å². The highest BCUT2D eigenvalue weighted by Gasteiger charge is 2.22. The van der Waals surface area contributed by atoms with Gasteiger partial charge in [0.15, 0.2) is 0 Å². The molecule has 1 N–H and O–H groups in total. The van der Waals surface area contributed by atoms with Gasteiger partial charge in [0.25, 0.3) is 11.5 Å². The number of ether oxygens (including phenoxy) is 1. The van der Waals surface area contributed by atoms with Gasteiger partial charge in [-0.25, -0.2) is 10.4 Å². The molecule has 0 atom stereocenters. The second kappa shape index (κ2) is 9.90. The second-order valence-electron chi connectivity index (χ2n) is 8.33. The lowest BCUT2D eigenvalue weighted by Gasteiger charge is -2.12. The molecule has 0 spiro atoms. The van der Waals surface area contributed by atoms with Gasteiger partial charge in [0, 0.05) is 10.4 Å². The number of aromatic nitrogens is 2. The third kappa shape index (κ3) is 4.62. The van der Waals surface area contributed by atoms with Crippen LogP contribution in [-0.4, -0.2) is 28.8 Å². The summed E-state index contributed by atoms with van der Waals surface area (Å²) >= 11 is 3.82. The van der Waals surface area contributed by atoms with Gasteiger partial charge in [-0.15, -0.1) is 11.3 Å². The molecular weight excluding hydrogens is 575 g/mol. The second-order valence-corrected chi connectivity index (χ2v) is 10.6. The molecule has 0 saturated carbocycles. The predicted octanol–water partition coefficient (Wildman–Crippen LogP) is 5.01. The number of hydrogen-bond donors (Lipinski definition) is 1. The van der Waals surface area contributed by atoms with Crippen LogP contribution in [0.15, 0.2) is 52.4 Å². The van der Waals surface area contributed by atoms with Crippen LogP contribution in [0.25, 0.3) is 15.9 Å². The van der Waals surface area contributed by atoms with Crippen LogP contribution >= 0.6 is 33.9 Å². The molecule has 1 aliphatic carbocycles. The number of thiophene rings is 1. The van der Waals surface area contributed by atoms with Crippen molar-refractivity contribution in [3.8, 4) is 11.4 Å². The summed E-state index contributed by atoms with van der Waals surface area (Å²) in [5.74, 6) is 1.02. The first-order valence-electron chi connectivity index (χ1n) is 11.3. The zero-order valence-corrected chi connectivity index (χ0v) is 22.3. The number of amides is 1. The van der Waals surface area contributed by atoms with Crippen LogP contribution in [0.4, 0.5) is 0 Å². The van der Waals surface area contributed by atoms with Crippen molar-refractivity contribution >= 4 is 56.3 Å². The summed E-state index contributed by atoms with van der Waals surface area (Å²) < 4.78 is 7.81. The van der Waals surface area contributed by atoms with Gasteiger partial charge in [-0.1, -0.05) is 6.07 Å². The minimum atomic E-state index is -0.362. The standard InChI is InChI=1S/C26H23IN4O3S/c1-15-29-25-23(19-8-3-4-9-22(19)35-25)26(33)31(15)18-7-5-6-17(13-18)24(32)30-28-14-16-10-11-21(34-2)20(27)12-16/h5-7,10-14H,3-4,8-9H2,1-2H3,(H,30,32)/b28-14+. The Labute approximate surface area is 220 Å². The Morgan fingerprint density at radius 2 is 2.06 bits per heavy atom. The average molecular weight is 598 g/mol. The van der Waals surface area contributed by atoms with Gasteiger partial charge in [-0.2, -0.15) is 5.10 Å². The number of rotatable bonds is 5. The lowest BCUT2D eigenvalue weighted by atomic mass is 9.97. The van der Waals surface area contributed by atoms with Crippen molar-refractivity contribution in [2.75, 3.05) is 7.11 Å². The molecule has 0 fully saturated rings. The van der Waals surface area contributed by atoms with Crippen molar-refractivity contribution in [3.05, 3.63) is 83.8 Å². The smallest absolute Gasteiger partial charge is 0.271 e. The summed E-state index contributed by atoms with van der Waals surface area (Å²) in [7, 11) is 1.62. The summed E-state index contributed by atoms with van der Waals surface area (Å²) in [6.07, 6.45) is 5.77. The molecule has 2 heterocycles. The molecule has 0 aliphatic heterocycles. The topological polar surface area (TPSA) is 85.6 Å².